The summed E-state index contributed by atoms with van der Waals surface area (Å²) in [7, 11) is 0. The quantitative estimate of drug-likeness (QED) is 0.858. The number of rotatable bonds is 3. The number of pyridine rings is 1. The molecule has 2 aromatic rings. The van der Waals surface area contributed by atoms with Crippen molar-refractivity contribution in [3.05, 3.63) is 41.2 Å². The Labute approximate surface area is 99.3 Å². The van der Waals surface area contributed by atoms with Crippen LogP contribution in [0.3, 0.4) is 0 Å². The Kier molecular flexibility index (Phi) is 3.08. The van der Waals surface area contributed by atoms with Gasteiger partial charge in [-0.1, -0.05) is 0 Å². The first kappa shape index (κ1) is 11.6. The van der Waals surface area contributed by atoms with Gasteiger partial charge in [0.15, 0.2) is 0 Å². The van der Waals surface area contributed by atoms with Crippen molar-refractivity contribution in [1.82, 2.24) is 15.2 Å². The highest BCUT2D eigenvalue weighted by atomic mass is 19.1. The summed E-state index contributed by atoms with van der Waals surface area (Å²) >= 11 is 0. The van der Waals surface area contributed by atoms with E-state index in [4.69, 9.17) is 0 Å². The highest BCUT2D eigenvalue weighted by Crippen LogP contribution is 2.23. The van der Waals surface area contributed by atoms with E-state index in [0.29, 0.717) is 0 Å². The first-order chi connectivity index (χ1) is 8.08. The van der Waals surface area contributed by atoms with Gasteiger partial charge in [-0.3, -0.25) is 10.1 Å². The van der Waals surface area contributed by atoms with E-state index in [1.807, 2.05) is 20.8 Å². The lowest BCUT2D eigenvalue weighted by atomic mass is 10.1. The molecule has 0 spiro atoms. The number of H-pyrrole nitrogens is 1. The van der Waals surface area contributed by atoms with Crippen molar-refractivity contribution in [2.24, 2.45) is 0 Å². The van der Waals surface area contributed by atoms with Crippen molar-refractivity contribution in [2.45, 2.75) is 26.8 Å². The van der Waals surface area contributed by atoms with Crippen LogP contribution in [0.2, 0.25) is 0 Å². The van der Waals surface area contributed by atoms with Crippen molar-refractivity contribution in [1.29, 1.82) is 0 Å². The molecule has 0 amide bonds. The molecule has 2 N–H and O–H groups in total. The molecule has 1 unspecified atom stereocenters. The Balaban J connectivity index is 2.20. The molecule has 0 aliphatic carbocycles. The largest absolute Gasteiger partial charge is 0.375 e. The van der Waals surface area contributed by atoms with Gasteiger partial charge in [0.25, 0.3) is 0 Å². The number of halogens is 1. The van der Waals surface area contributed by atoms with Crippen LogP contribution in [-0.4, -0.2) is 15.2 Å². The van der Waals surface area contributed by atoms with Crippen molar-refractivity contribution < 1.29 is 4.39 Å². The second kappa shape index (κ2) is 4.53. The number of aromatic nitrogens is 3. The van der Waals surface area contributed by atoms with Crippen molar-refractivity contribution in [2.75, 3.05) is 5.32 Å². The number of aromatic amines is 1. The summed E-state index contributed by atoms with van der Waals surface area (Å²) < 4.78 is 13.1. The molecule has 0 saturated carbocycles. The van der Waals surface area contributed by atoms with Crippen LogP contribution in [0, 0.1) is 19.7 Å². The zero-order chi connectivity index (χ0) is 12.4. The molecular weight excluding hydrogens is 219 g/mol. The molecule has 2 aromatic heterocycles. The molecule has 0 aromatic carbocycles. The Bertz CT molecular complexity index is 501. The van der Waals surface area contributed by atoms with Crippen molar-refractivity contribution in [3.63, 3.8) is 0 Å². The first-order valence-electron chi connectivity index (χ1n) is 5.46. The van der Waals surface area contributed by atoms with Crippen LogP contribution in [0.5, 0.6) is 0 Å². The molecule has 5 heteroatoms. The fraction of sp³-hybridized carbons (Fsp3) is 0.333. The minimum absolute atomic E-state index is 0.0202. The molecule has 0 fully saturated rings. The van der Waals surface area contributed by atoms with Gasteiger partial charge in [0.1, 0.15) is 5.82 Å². The molecule has 0 radical (unpaired) electrons. The third-order valence-corrected chi connectivity index (χ3v) is 2.71. The number of anilines is 1. The minimum Gasteiger partial charge on any atom is -0.375 e. The number of nitrogens with one attached hydrogen (secondary N) is 2. The van der Waals surface area contributed by atoms with E-state index >= 15 is 0 Å². The standard InChI is InChI=1S/C12H15FN4/c1-7(10-4-11(13)6-14-5-10)15-12-8(2)16-17-9(12)3/h4-7,15H,1-3H3,(H,16,17). The van der Waals surface area contributed by atoms with E-state index in [0.717, 1.165) is 22.6 Å². The molecule has 17 heavy (non-hydrogen) atoms. The van der Waals surface area contributed by atoms with Crippen molar-refractivity contribution >= 4 is 5.69 Å². The molecule has 2 heterocycles. The molecule has 0 aliphatic rings. The summed E-state index contributed by atoms with van der Waals surface area (Å²) in [6.07, 6.45) is 2.86. The van der Waals surface area contributed by atoms with Crippen LogP contribution < -0.4 is 5.32 Å². The van der Waals surface area contributed by atoms with Gasteiger partial charge >= 0.3 is 0 Å². The zero-order valence-electron chi connectivity index (χ0n) is 10.1. The summed E-state index contributed by atoms with van der Waals surface area (Å²) in [5.41, 5.74) is 3.64. The fourth-order valence-electron chi connectivity index (χ4n) is 1.73. The summed E-state index contributed by atoms with van der Waals surface area (Å²) in [5.74, 6) is -0.322. The maximum Gasteiger partial charge on any atom is 0.141 e. The number of nitrogens with zero attached hydrogens (tertiary/aromatic N) is 2. The van der Waals surface area contributed by atoms with E-state index < -0.39 is 0 Å². The predicted octanol–water partition coefficient (Wildman–Crippen LogP) is 2.73. The highest BCUT2D eigenvalue weighted by molar-refractivity contribution is 5.52. The zero-order valence-corrected chi connectivity index (χ0v) is 10.1. The van der Waals surface area contributed by atoms with Crippen LogP contribution in [0.25, 0.3) is 0 Å². The smallest absolute Gasteiger partial charge is 0.141 e. The lowest BCUT2D eigenvalue weighted by molar-refractivity contribution is 0.616. The molecule has 90 valence electrons. The highest BCUT2D eigenvalue weighted by Gasteiger charge is 2.11. The SMILES string of the molecule is Cc1n[nH]c(C)c1NC(C)c1cncc(F)c1. The molecule has 4 nitrogen and oxygen atoms in total. The maximum absolute atomic E-state index is 13.1. The van der Waals surface area contributed by atoms with Crippen LogP contribution in [0.1, 0.15) is 29.9 Å². The average Bonchev–Trinajstić information content (AvgIpc) is 2.61. The Morgan fingerprint density at radius 2 is 2.12 bits per heavy atom. The van der Waals surface area contributed by atoms with Gasteiger partial charge in [0, 0.05) is 6.20 Å². The maximum atomic E-state index is 13.1. The van der Waals surface area contributed by atoms with Crippen LogP contribution in [0.15, 0.2) is 18.5 Å². The second-order valence-corrected chi connectivity index (χ2v) is 4.11. The predicted molar refractivity (Wildman–Crippen MR) is 64.3 cm³/mol. The van der Waals surface area contributed by atoms with Gasteiger partial charge in [-0.15, -0.1) is 0 Å². The van der Waals surface area contributed by atoms with Crippen LogP contribution in [-0.2, 0) is 0 Å². The van der Waals surface area contributed by atoms with Gasteiger partial charge in [-0.25, -0.2) is 4.39 Å². The second-order valence-electron chi connectivity index (χ2n) is 4.11. The normalized spacial score (nSPS) is 12.5. The Hall–Kier alpha value is -1.91. The first-order valence-corrected chi connectivity index (χ1v) is 5.46. The van der Waals surface area contributed by atoms with Gasteiger partial charge in [0.05, 0.1) is 29.3 Å². The molecule has 0 saturated heterocycles. The lowest BCUT2D eigenvalue weighted by Gasteiger charge is -2.15. The van der Waals surface area contributed by atoms with Gasteiger partial charge < -0.3 is 5.32 Å². The molecule has 2 rings (SSSR count). The average molecular weight is 234 g/mol. The lowest BCUT2D eigenvalue weighted by Crippen LogP contribution is -2.08. The third kappa shape index (κ3) is 2.43. The Morgan fingerprint density at radius 1 is 1.35 bits per heavy atom. The molecule has 0 aliphatic heterocycles. The van der Waals surface area contributed by atoms with Crippen LogP contribution >= 0.6 is 0 Å². The summed E-state index contributed by atoms with van der Waals surface area (Å²) in [4.78, 5) is 3.84. The third-order valence-electron chi connectivity index (χ3n) is 2.71. The van der Waals surface area contributed by atoms with E-state index in [1.54, 1.807) is 6.20 Å². The number of aryl methyl sites for hydroxylation is 2. The van der Waals surface area contributed by atoms with Crippen molar-refractivity contribution in [3.8, 4) is 0 Å². The van der Waals surface area contributed by atoms with E-state index in [-0.39, 0.29) is 11.9 Å². The molecule has 1 atom stereocenters. The summed E-state index contributed by atoms with van der Waals surface area (Å²) in [6, 6.07) is 1.46. The molecular formula is C12H15FN4. The fourth-order valence-corrected chi connectivity index (χ4v) is 1.73. The van der Waals surface area contributed by atoms with E-state index in [2.05, 4.69) is 20.5 Å². The van der Waals surface area contributed by atoms with Gasteiger partial charge in [0.2, 0.25) is 0 Å². The van der Waals surface area contributed by atoms with E-state index in [1.165, 1.54) is 12.3 Å². The number of hydrogen-bond donors (Lipinski definition) is 2. The summed E-state index contributed by atoms with van der Waals surface area (Å²) in [5, 5.41) is 10.3. The summed E-state index contributed by atoms with van der Waals surface area (Å²) in [6.45, 7) is 5.82. The van der Waals surface area contributed by atoms with Gasteiger partial charge in [-0.2, -0.15) is 5.10 Å². The minimum atomic E-state index is -0.322. The van der Waals surface area contributed by atoms with E-state index in [9.17, 15) is 4.39 Å². The topological polar surface area (TPSA) is 53.6 Å². The van der Waals surface area contributed by atoms with Crippen LogP contribution in [0.4, 0.5) is 10.1 Å². The monoisotopic (exact) mass is 234 g/mol. The Morgan fingerprint density at radius 3 is 2.71 bits per heavy atom. The number of hydrogen-bond acceptors (Lipinski definition) is 3. The van der Waals surface area contributed by atoms with Gasteiger partial charge in [-0.05, 0) is 32.4 Å². The molecule has 0 bridgehead atoms.